The second kappa shape index (κ2) is 7.76. The Morgan fingerprint density at radius 1 is 1.47 bits per heavy atom. The van der Waals surface area contributed by atoms with Crippen molar-refractivity contribution in [3.8, 4) is 6.07 Å². The largest absolute Gasteiger partial charge is 0.396 e. The fourth-order valence-electron chi connectivity index (χ4n) is 2.39. The molecule has 0 saturated heterocycles. The lowest BCUT2D eigenvalue weighted by Crippen LogP contribution is -2.50. The van der Waals surface area contributed by atoms with E-state index in [4.69, 9.17) is 5.11 Å². The average molecular weight is 284 g/mol. The quantitative estimate of drug-likeness (QED) is 0.810. The molecule has 1 unspecified atom stereocenters. The summed E-state index contributed by atoms with van der Waals surface area (Å²) in [5, 5.41) is 18.4. The lowest BCUT2D eigenvalue weighted by Gasteiger charge is -2.39. The van der Waals surface area contributed by atoms with Crippen molar-refractivity contribution in [2.75, 3.05) is 25.2 Å². The normalized spacial score (nSPS) is 19.5. The molecule has 0 aromatic rings. The van der Waals surface area contributed by atoms with Gasteiger partial charge in [0, 0.05) is 13.7 Å². The van der Waals surface area contributed by atoms with E-state index in [1.807, 2.05) is 6.92 Å². The number of thioether (sulfide) groups is 1. The van der Waals surface area contributed by atoms with Crippen molar-refractivity contribution in [3.05, 3.63) is 0 Å². The first-order valence-corrected chi connectivity index (χ1v) is 8.07. The molecule has 5 heteroatoms. The highest BCUT2D eigenvalue weighted by Gasteiger charge is 2.38. The fraction of sp³-hybridized carbons (Fsp3) is 0.857. The molecule has 0 aromatic heterocycles. The first-order chi connectivity index (χ1) is 9.05. The first kappa shape index (κ1) is 16.3. The molecule has 0 spiro atoms. The van der Waals surface area contributed by atoms with E-state index in [0.717, 1.165) is 37.9 Å². The van der Waals surface area contributed by atoms with E-state index in [1.54, 1.807) is 11.9 Å². The van der Waals surface area contributed by atoms with Crippen LogP contribution in [0.15, 0.2) is 0 Å². The lowest BCUT2D eigenvalue weighted by molar-refractivity contribution is -0.131. The lowest BCUT2D eigenvalue weighted by atomic mass is 9.81. The summed E-state index contributed by atoms with van der Waals surface area (Å²) in [6, 6.07) is 2.36. The number of aliphatic hydroxyl groups is 1. The van der Waals surface area contributed by atoms with Gasteiger partial charge in [-0.3, -0.25) is 4.79 Å². The average Bonchev–Trinajstić information content (AvgIpc) is 2.46. The maximum atomic E-state index is 12.2. The number of amides is 1. The molecule has 0 bridgehead atoms. The zero-order valence-electron chi connectivity index (χ0n) is 11.9. The Bertz CT molecular complexity index is 335. The monoisotopic (exact) mass is 284 g/mol. The van der Waals surface area contributed by atoms with Crippen LogP contribution in [0.1, 0.15) is 39.0 Å². The number of carbonyl (C=O) groups is 1. The highest BCUT2D eigenvalue weighted by Crippen LogP contribution is 2.32. The van der Waals surface area contributed by atoms with E-state index in [2.05, 4.69) is 6.07 Å². The minimum Gasteiger partial charge on any atom is -0.396 e. The molecule has 108 valence electrons. The molecule has 1 atom stereocenters. The fourth-order valence-corrected chi connectivity index (χ4v) is 3.39. The highest BCUT2D eigenvalue weighted by molar-refractivity contribution is 7.99. The molecule has 4 nitrogen and oxygen atoms in total. The van der Waals surface area contributed by atoms with Crippen LogP contribution in [0.25, 0.3) is 0 Å². The summed E-state index contributed by atoms with van der Waals surface area (Å²) in [7, 11) is 1.76. The van der Waals surface area contributed by atoms with Gasteiger partial charge in [-0.15, -0.1) is 0 Å². The predicted octanol–water partition coefficient (Wildman–Crippen LogP) is 2.03. The molecule has 0 heterocycles. The van der Waals surface area contributed by atoms with E-state index in [9.17, 15) is 10.1 Å². The number of aliphatic hydroxyl groups excluding tert-OH is 1. The molecular weight excluding hydrogens is 260 g/mol. The Balaban J connectivity index is 2.48. The second-order valence-corrected chi connectivity index (χ2v) is 6.49. The molecule has 1 saturated carbocycles. The van der Waals surface area contributed by atoms with Crippen LogP contribution < -0.4 is 0 Å². The molecule has 1 aliphatic rings. The van der Waals surface area contributed by atoms with Gasteiger partial charge in [0.05, 0.1) is 11.8 Å². The van der Waals surface area contributed by atoms with E-state index in [-0.39, 0.29) is 18.4 Å². The Morgan fingerprint density at radius 2 is 2.11 bits per heavy atom. The van der Waals surface area contributed by atoms with Crippen LogP contribution in [-0.4, -0.2) is 46.6 Å². The van der Waals surface area contributed by atoms with Crippen molar-refractivity contribution in [2.45, 2.75) is 44.6 Å². The van der Waals surface area contributed by atoms with Gasteiger partial charge < -0.3 is 10.0 Å². The van der Waals surface area contributed by atoms with Crippen LogP contribution in [0.5, 0.6) is 0 Å². The van der Waals surface area contributed by atoms with E-state index < -0.39 is 5.54 Å². The van der Waals surface area contributed by atoms with Crippen molar-refractivity contribution in [1.29, 1.82) is 5.26 Å². The second-order valence-electron chi connectivity index (χ2n) is 5.46. The highest BCUT2D eigenvalue weighted by atomic mass is 32.2. The summed E-state index contributed by atoms with van der Waals surface area (Å²) in [4.78, 5) is 13.8. The summed E-state index contributed by atoms with van der Waals surface area (Å²) in [5.41, 5.74) is -0.585. The topological polar surface area (TPSA) is 64.3 Å². The van der Waals surface area contributed by atoms with Crippen LogP contribution in [0, 0.1) is 17.2 Å². The van der Waals surface area contributed by atoms with E-state index >= 15 is 0 Å². The molecule has 19 heavy (non-hydrogen) atoms. The molecule has 1 amide bonds. The van der Waals surface area contributed by atoms with Crippen molar-refractivity contribution in [2.24, 2.45) is 5.92 Å². The summed E-state index contributed by atoms with van der Waals surface area (Å²) in [5.74, 6) is 1.40. The Hall–Kier alpha value is -0.730. The van der Waals surface area contributed by atoms with Gasteiger partial charge in [0.25, 0.3) is 0 Å². The SMILES string of the molecule is CC(CO)CSCC(=O)N(C)C1(C#N)CCCCC1. The van der Waals surface area contributed by atoms with E-state index in [0.29, 0.717) is 5.75 Å². The summed E-state index contributed by atoms with van der Waals surface area (Å²) in [6.45, 7) is 2.11. The standard InChI is InChI=1S/C14H24N2O2S/c1-12(8-17)9-19-10-13(18)16(2)14(11-15)6-4-3-5-7-14/h12,17H,3-10H2,1-2H3. The third-order valence-electron chi connectivity index (χ3n) is 3.84. The van der Waals surface area contributed by atoms with Gasteiger partial charge in [0.15, 0.2) is 0 Å². The van der Waals surface area contributed by atoms with Crippen molar-refractivity contribution in [1.82, 2.24) is 4.90 Å². The van der Waals surface area contributed by atoms with Crippen LogP contribution in [0.4, 0.5) is 0 Å². The molecule has 1 fully saturated rings. The van der Waals surface area contributed by atoms with Crippen LogP contribution in [0.3, 0.4) is 0 Å². The molecule has 0 aliphatic heterocycles. The smallest absolute Gasteiger partial charge is 0.233 e. The first-order valence-electron chi connectivity index (χ1n) is 6.92. The Kier molecular flexibility index (Phi) is 6.67. The Morgan fingerprint density at radius 3 is 2.63 bits per heavy atom. The van der Waals surface area contributed by atoms with Gasteiger partial charge in [0.2, 0.25) is 5.91 Å². The van der Waals surface area contributed by atoms with Gasteiger partial charge in [-0.25, -0.2) is 0 Å². The van der Waals surface area contributed by atoms with Gasteiger partial charge in [-0.05, 0) is 24.5 Å². The van der Waals surface area contributed by atoms with Crippen LogP contribution in [-0.2, 0) is 4.79 Å². The van der Waals surface area contributed by atoms with Crippen LogP contribution >= 0.6 is 11.8 Å². The number of hydrogen-bond acceptors (Lipinski definition) is 4. The number of hydrogen-bond donors (Lipinski definition) is 1. The van der Waals surface area contributed by atoms with Crippen molar-refractivity contribution >= 4 is 17.7 Å². The van der Waals surface area contributed by atoms with Gasteiger partial charge in [0.1, 0.15) is 5.54 Å². The van der Waals surface area contributed by atoms with Crippen molar-refractivity contribution in [3.63, 3.8) is 0 Å². The summed E-state index contributed by atoms with van der Waals surface area (Å²) < 4.78 is 0. The van der Waals surface area contributed by atoms with Gasteiger partial charge >= 0.3 is 0 Å². The minimum absolute atomic E-state index is 0.0265. The third-order valence-corrected chi connectivity index (χ3v) is 5.10. The van der Waals surface area contributed by atoms with Crippen LogP contribution in [0.2, 0.25) is 0 Å². The zero-order chi connectivity index (χ0) is 14.3. The van der Waals surface area contributed by atoms with Crippen molar-refractivity contribution < 1.29 is 9.90 Å². The molecular formula is C14H24N2O2S. The maximum absolute atomic E-state index is 12.2. The molecule has 1 aliphatic carbocycles. The number of carbonyl (C=O) groups excluding carboxylic acids is 1. The van der Waals surface area contributed by atoms with Gasteiger partial charge in [-0.2, -0.15) is 17.0 Å². The van der Waals surface area contributed by atoms with E-state index in [1.165, 1.54) is 11.8 Å². The minimum atomic E-state index is -0.585. The summed E-state index contributed by atoms with van der Waals surface area (Å²) >= 11 is 1.53. The third kappa shape index (κ3) is 4.39. The molecule has 1 rings (SSSR count). The number of nitrogens with zero attached hydrogens (tertiary/aromatic N) is 2. The van der Waals surface area contributed by atoms with Gasteiger partial charge in [-0.1, -0.05) is 26.2 Å². The number of nitriles is 1. The summed E-state index contributed by atoms with van der Waals surface area (Å²) in [6.07, 6.45) is 4.81. The maximum Gasteiger partial charge on any atom is 0.233 e. The Labute approximate surface area is 120 Å². The zero-order valence-corrected chi connectivity index (χ0v) is 12.7. The molecule has 0 radical (unpaired) electrons. The molecule has 0 aromatic carbocycles. The predicted molar refractivity (Wildman–Crippen MR) is 77.8 cm³/mol. The number of rotatable bonds is 6. The molecule has 1 N–H and O–H groups in total.